The summed E-state index contributed by atoms with van der Waals surface area (Å²) in [7, 11) is 0. The molecule has 26 heavy (non-hydrogen) atoms. The maximum Gasteiger partial charge on any atom is 0.226 e. The highest BCUT2D eigenvalue weighted by atomic mass is 16.5. The smallest absolute Gasteiger partial charge is 0.226 e. The fraction of sp³-hybridized carbons (Fsp3) is 0.600. The first-order valence-electron chi connectivity index (χ1n) is 9.57. The highest BCUT2D eigenvalue weighted by molar-refractivity contribution is 5.81. The summed E-state index contributed by atoms with van der Waals surface area (Å²) in [6, 6.07) is 9.48. The lowest BCUT2D eigenvalue weighted by Crippen LogP contribution is -2.46. The Morgan fingerprint density at radius 3 is 2.81 bits per heavy atom. The fourth-order valence-corrected chi connectivity index (χ4v) is 3.51. The fourth-order valence-electron chi connectivity index (χ4n) is 3.51. The van der Waals surface area contributed by atoms with E-state index in [1.165, 1.54) is 0 Å². The van der Waals surface area contributed by atoms with E-state index in [0.717, 1.165) is 44.6 Å². The highest BCUT2D eigenvalue weighted by Gasteiger charge is 2.28. The van der Waals surface area contributed by atoms with Crippen molar-refractivity contribution in [1.82, 2.24) is 10.2 Å². The quantitative estimate of drug-likeness (QED) is 0.807. The molecule has 2 aliphatic rings. The number of rotatable bonds is 7. The summed E-state index contributed by atoms with van der Waals surface area (Å²) in [5, 5.41) is 2.99. The Balaban J connectivity index is 1.39. The lowest BCUT2D eigenvalue weighted by atomic mass is 9.96. The van der Waals surface area contributed by atoms with Gasteiger partial charge in [0.2, 0.25) is 11.8 Å². The van der Waals surface area contributed by atoms with E-state index < -0.39 is 0 Å². The first-order chi connectivity index (χ1) is 12.7. The minimum Gasteiger partial charge on any atom is -0.493 e. The molecule has 3 rings (SSSR count). The molecule has 0 aromatic heterocycles. The predicted molar refractivity (Wildman–Crippen MR) is 97.8 cm³/mol. The summed E-state index contributed by atoms with van der Waals surface area (Å²) < 4.78 is 11.1. The number of nitrogens with one attached hydrogen (secondary N) is 1. The van der Waals surface area contributed by atoms with Crippen LogP contribution in [0.1, 0.15) is 32.1 Å². The van der Waals surface area contributed by atoms with Gasteiger partial charge in [0.1, 0.15) is 5.75 Å². The molecule has 2 amide bonds. The third-order valence-corrected chi connectivity index (χ3v) is 5.00. The molecule has 0 spiro atoms. The third kappa shape index (κ3) is 5.46. The number of carbonyl (C=O) groups is 2. The highest BCUT2D eigenvalue weighted by Crippen LogP contribution is 2.18. The third-order valence-electron chi connectivity index (χ3n) is 5.00. The maximum atomic E-state index is 12.4. The van der Waals surface area contributed by atoms with Gasteiger partial charge in [0.05, 0.1) is 25.0 Å². The van der Waals surface area contributed by atoms with E-state index in [9.17, 15) is 9.59 Å². The Bertz CT molecular complexity index is 587. The summed E-state index contributed by atoms with van der Waals surface area (Å²) in [6.07, 6.45) is 4.26. The van der Waals surface area contributed by atoms with Crippen LogP contribution in [0.4, 0.5) is 0 Å². The molecule has 0 bridgehead atoms. The molecule has 0 aliphatic carbocycles. The van der Waals surface area contributed by atoms with Crippen molar-refractivity contribution in [3.63, 3.8) is 0 Å². The SMILES string of the molecule is O=C(NC[C@@H]1CCCO1)[C@H]1CCCN(C(=O)CCOc2ccccc2)C1. The van der Waals surface area contributed by atoms with Gasteiger partial charge >= 0.3 is 0 Å². The van der Waals surface area contributed by atoms with Crippen LogP contribution in [0.25, 0.3) is 0 Å². The first-order valence-corrected chi connectivity index (χ1v) is 9.57. The van der Waals surface area contributed by atoms with Gasteiger partial charge < -0.3 is 19.7 Å². The second-order valence-electron chi connectivity index (χ2n) is 6.97. The van der Waals surface area contributed by atoms with Crippen molar-refractivity contribution in [2.45, 2.75) is 38.2 Å². The molecular formula is C20H28N2O4. The summed E-state index contributed by atoms with van der Waals surface area (Å²) in [4.78, 5) is 26.6. The van der Waals surface area contributed by atoms with Gasteiger partial charge in [-0.25, -0.2) is 0 Å². The standard InChI is InChI=1S/C20H28N2O4/c23-19(10-13-26-17-7-2-1-3-8-17)22-11-4-6-16(15-22)20(24)21-14-18-9-5-12-25-18/h1-3,7-8,16,18H,4-6,9-15H2,(H,21,24)/t16-,18-/m0/s1. The van der Waals surface area contributed by atoms with Gasteiger partial charge in [-0.05, 0) is 37.8 Å². The van der Waals surface area contributed by atoms with E-state index in [2.05, 4.69) is 5.32 Å². The summed E-state index contributed by atoms with van der Waals surface area (Å²) in [6.45, 7) is 2.95. The average molecular weight is 360 g/mol. The number of hydrogen-bond acceptors (Lipinski definition) is 4. The Hall–Kier alpha value is -2.08. The number of hydrogen-bond donors (Lipinski definition) is 1. The normalized spacial score (nSPS) is 22.8. The van der Waals surface area contributed by atoms with Gasteiger partial charge in [0.15, 0.2) is 0 Å². The van der Waals surface area contributed by atoms with Crippen LogP contribution in [0, 0.1) is 5.92 Å². The van der Waals surface area contributed by atoms with Crippen LogP contribution in [-0.4, -0.2) is 55.7 Å². The predicted octanol–water partition coefficient (Wildman–Crippen LogP) is 1.99. The number of nitrogens with zero attached hydrogens (tertiary/aromatic N) is 1. The van der Waals surface area contributed by atoms with E-state index >= 15 is 0 Å². The molecule has 6 heteroatoms. The molecule has 2 saturated heterocycles. The lowest BCUT2D eigenvalue weighted by Gasteiger charge is -2.32. The maximum absolute atomic E-state index is 12.4. The van der Waals surface area contributed by atoms with Crippen molar-refractivity contribution >= 4 is 11.8 Å². The Labute approximate surface area is 154 Å². The number of para-hydroxylation sites is 1. The lowest BCUT2D eigenvalue weighted by molar-refractivity contribution is -0.136. The van der Waals surface area contributed by atoms with Crippen LogP contribution in [-0.2, 0) is 14.3 Å². The summed E-state index contributed by atoms with van der Waals surface area (Å²) in [5.74, 6) is 0.741. The van der Waals surface area contributed by atoms with Gasteiger partial charge in [0.25, 0.3) is 0 Å². The molecule has 0 saturated carbocycles. The number of ether oxygens (including phenoxy) is 2. The van der Waals surface area contributed by atoms with E-state index in [0.29, 0.717) is 26.1 Å². The number of piperidine rings is 1. The van der Waals surface area contributed by atoms with Crippen molar-refractivity contribution in [2.75, 3.05) is 32.8 Å². The molecule has 0 unspecified atom stereocenters. The second kappa shape index (κ2) is 9.57. The first kappa shape index (κ1) is 18.7. The number of benzene rings is 1. The minimum absolute atomic E-state index is 0.0403. The van der Waals surface area contributed by atoms with E-state index in [-0.39, 0.29) is 23.8 Å². The Kier molecular flexibility index (Phi) is 6.89. The van der Waals surface area contributed by atoms with Crippen LogP contribution in [0.15, 0.2) is 30.3 Å². The molecule has 0 radical (unpaired) electrons. The zero-order valence-electron chi connectivity index (χ0n) is 15.2. The zero-order chi connectivity index (χ0) is 18.2. The largest absolute Gasteiger partial charge is 0.493 e. The van der Waals surface area contributed by atoms with Crippen LogP contribution >= 0.6 is 0 Å². The Morgan fingerprint density at radius 1 is 1.19 bits per heavy atom. The van der Waals surface area contributed by atoms with E-state index in [4.69, 9.17) is 9.47 Å². The summed E-state index contributed by atoms with van der Waals surface area (Å²) in [5.41, 5.74) is 0. The summed E-state index contributed by atoms with van der Waals surface area (Å²) >= 11 is 0. The number of carbonyl (C=O) groups excluding carboxylic acids is 2. The molecule has 2 atom stereocenters. The molecule has 2 heterocycles. The number of likely N-dealkylation sites (tertiary alicyclic amines) is 1. The molecule has 2 aliphatic heterocycles. The van der Waals surface area contributed by atoms with Crippen LogP contribution < -0.4 is 10.1 Å². The Morgan fingerprint density at radius 2 is 2.04 bits per heavy atom. The molecule has 1 aromatic carbocycles. The van der Waals surface area contributed by atoms with Gasteiger partial charge in [-0.1, -0.05) is 18.2 Å². The average Bonchev–Trinajstić information content (AvgIpc) is 3.20. The zero-order valence-corrected chi connectivity index (χ0v) is 15.2. The van der Waals surface area contributed by atoms with Gasteiger partial charge in [-0.15, -0.1) is 0 Å². The van der Waals surface area contributed by atoms with E-state index in [1.807, 2.05) is 30.3 Å². The van der Waals surface area contributed by atoms with Crippen LogP contribution in [0.5, 0.6) is 5.75 Å². The molecule has 2 fully saturated rings. The van der Waals surface area contributed by atoms with Crippen molar-refractivity contribution in [1.29, 1.82) is 0 Å². The van der Waals surface area contributed by atoms with Crippen LogP contribution in [0.2, 0.25) is 0 Å². The molecule has 1 N–H and O–H groups in total. The van der Waals surface area contributed by atoms with Crippen molar-refractivity contribution in [2.24, 2.45) is 5.92 Å². The van der Waals surface area contributed by atoms with Gasteiger partial charge in [-0.2, -0.15) is 0 Å². The van der Waals surface area contributed by atoms with Crippen molar-refractivity contribution in [3.05, 3.63) is 30.3 Å². The van der Waals surface area contributed by atoms with Gasteiger partial charge in [0, 0.05) is 26.2 Å². The second-order valence-corrected chi connectivity index (χ2v) is 6.97. The molecule has 1 aromatic rings. The van der Waals surface area contributed by atoms with Crippen molar-refractivity contribution < 1.29 is 19.1 Å². The van der Waals surface area contributed by atoms with E-state index in [1.54, 1.807) is 4.90 Å². The number of amides is 2. The van der Waals surface area contributed by atoms with Gasteiger partial charge in [-0.3, -0.25) is 9.59 Å². The minimum atomic E-state index is -0.121. The monoisotopic (exact) mass is 360 g/mol. The van der Waals surface area contributed by atoms with Crippen molar-refractivity contribution in [3.8, 4) is 5.75 Å². The molecule has 142 valence electrons. The molecule has 6 nitrogen and oxygen atoms in total. The van der Waals surface area contributed by atoms with Crippen LogP contribution in [0.3, 0.4) is 0 Å². The molecular weight excluding hydrogens is 332 g/mol. The topological polar surface area (TPSA) is 67.9 Å².